The van der Waals surface area contributed by atoms with Gasteiger partial charge in [0.25, 0.3) is 0 Å². The maximum atomic E-state index is 13.5. The molecule has 1 N–H and O–H groups in total. The summed E-state index contributed by atoms with van der Waals surface area (Å²) in [4.78, 5) is 16.0. The summed E-state index contributed by atoms with van der Waals surface area (Å²) in [5.74, 6) is -0.781. The van der Waals surface area contributed by atoms with Crippen molar-refractivity contribution in [3.05, 3.63) is 77.4 Å². The van der Waals surface area contributed by atoms with Crippen LogP contribution in [0.5, 0.6) is 0 Å². The molecule has 0 saturated heterocycles. The Labute approximate surface area is 136 Å². The molecule has 3 aromatic rings. The van der Waals surface area contributed by atoms with Gasteiger partial charge in [-0.15, -0.1) is 0 Å². The van der Waals surface area contributed by atoms with Crippen LogP contribution in [0.15, 0.2) is 53.1 Å². The van der Waals surface area contributed by atoms with Crippen molar-refractivity contribution in [1.29, 1.82) is 0 Å². The molecule has 122 valence electrons. The van der Waals surface area contributed by atoms with Gasteiger partial charge in [-0.2, -0.15) is 4.98 Å². The zero-order valence-electron chi connectivity index (χ0n) is 12.5. The van der Waals surface area contributed by atoms with Gasteiger partial charge < -0.3 is 9.84 Å². The van der Waals surface area contributed by atoms with E-state index in [2.05, 4.69) is 15.5 Å². The highest BCUT2D eigenvalue weighted by atomic mass is 19.1. The number of benzene rings is 2. The summed E-state index contributed by atoms with van der Waals surface area (Å²) >= 11 is 0. The highest BCUT2D eigenvalue weighted by molar-refractivity contribution is 5.91. The van der Waals surface area contributed by atoms with Crippen molar-refractivity contribution in [3.63, 3.8) is 0 Å². The van der Waals surface area contributed by atoms with Crippen LogP contribution in [0.4, 0.5) is 14.5 Å². The Hall–Kier alpha value is -3.09. The Bertz CT molecular complexity index is 847. The highest BCUT2D eigenvalue weighted by Crippen LogP contribution is 2.13. The number of carbonyl (C=O) groups excluding carboxylic acids is 1. The molecule has 0 unspecified atom stereocenters. The molecule has 0 spiro atoms. The molecule has 0 radical (unpaired) electrons. The lowest BCUT2D eigenvalue weighted by Gasteiger charge is -2.03. The summed E-state index contributed by atoms with van der Waals surface area (Å²) in [5.41, 5.74) is 0.903. The maximum Gasteiger partial charge on any atom is 0.232 e. The fraction of sp³-hybridized carbons (Fsp3) is 0.118. The first kappa shape index (κ1) is 15.8. The van der Waals surface area contributed by atoms with E-state index in [0.717, 1.165) is 5.56 Å². The summed E-state index contributed by atoms with van der Waals surface area (Å²) in [6.07, 6.45) is 0.198. The van der Waals surface area contributed by atoms with Gasteiger partial charge in [-0.25, -0.2) is 8.78 Å². The van der Waals surface area contributed by atoms with Crippen molar-refractivity contribution < 1.29 is 18.1 Å². The summed E-state index contributed by atoms with van der Waals surface area (Å²) in [7, 11) is 0. The Morgan fingerprint density at radius 3 is 2.58 bits per heavy atom. The van der Waals surface area contributed by atoms with Crippen LogP contribution >= 0.6 is 0 Å². The van der Waals surface area contributed by atoms with Crippen LogP contribution in [0.1, 0.15) is 17.3 Å². The Kier molecular flexibility index (Phi) is 4.60. The molecule has 1 amide bonds. The maximum absolute atomic E-state index is 13.5. The smallest absolute Gasteiger partial charge is 0.232 e. The van der Waals surface area contributed by atoms with Gasteiger partial charge in [0.1, 0.15) is 11.6 Å². The molecule has 0 bridgehead atoms. The average molecular weight is 329 g/mol. The van der Waals surface area contributed by atoms with Crippen LogP contribution in [0.2, 0.25) is 0 Å². The van der Waals surface area contributed by atoms with Crippen molar-refractivity contribution in [2.24, 2.45) is 0 Å². The number of halogens is 2. The van der Waals surface area contributed by atoms with Gasteiger partial charge in [0, 0.05) is 0 Å². The quantitative estimate of drug-likeness (QED) is 0.781. The number of amides is 1. The molecule has 0 aliphatic heterocycles. The predicted octanol–water partition coefficient (Wildman–Crippen LogP) is 3.12. The third-order valence-electron chi connectivity index (χ3n) is 3.25. The van der Waals surface area contributed by atoms with Crippen molar-refractivity contribution in [3.8, 4) is 0 Å². The molecule has 5 nitrogen and oxygen atoms in total. The molecule has 0 aliphatic carbocycles. The lowest BCUT2D eigenvalue weighted by molar-refractivity contribution is -0.115. The van der Waals surface area contributed by atoms with E-state index in [9.17, 15) is 13.6 Å². The molecule has 24 heavy (non-hydrogen) atoms. The minimum Gasteiger partial charge on any atom is -0.339 e. The first-order chi connectivity index (χ1) is 11.6. The second kappa shape index (κ2) is 6.99. The number of hydrogen-bond acceptors (Lipinski definition) is 4. The number of carbonyl (C=O) groups is 1. The third kappa shape index (κ3) is 4.01. The second-order valence-electron chi connectivity index (χ2n) is 5.11. The fourth-order valence-electron chi connectivity index (χ4n) is 2.11. The fourth-order valence-corrected chi connectivity index (χ4v) is 2.11. The minimum absolute atomic E-state index is 0.0949. The van der Waals surface area contributed by atoms with Crippen molar-refractivity contribution in [2.75, 3.05) is 5.32 Å². The summed E-state index contributed by atoms with van der Waals surface area (Å²) in [6.45, 7) is 0. The summed E-state index contributed by atoms with van der Waals surface area (Å²) in [6, 6.07) is 11.8. The molecule has 0 atom stereocenters. The van der Waals surface area contributed by atoms with E-state index in [1.807, 2.05) is 0 Å². The van der Waals surface area contributed by atoms with E-state index in [-0.39, 0.29) is 23.7 Å². The Balaban J connectivity index is 1.60. The van der Waals surface area contributed by atoms with E-state index in [4.69, 9.17) is 4.52 Å². The Morgan fingerprint density at radius 1 is 1.08 bits per heavy atom. The molecule has 1 heterocycles. The molecule has 0 saturated carbocycles. The zero-order chi connectivity index (χ0) is 16.9. The van der Waals surface area contributed by atoms with Crippen LogP contribution in [-0.4, -0.2) is 16.0 Å². The first-order valence-electron chi connectivity index (χ1n) is 7.20. The van der Waals surface area contributed by atoms with Crippen LogP contribution in [-0.2, 0) is 17.6 Å². The zero-order valence-corrected chi connectivity index (χ0v) is 12.5. The number of para-hydroxylation sites is 1. The monoisotopic (exact) mass is 329 g/mol. The number of aromatic nitrogens is 2. The SMILES string of the molecule is O=C(Cc1noc(Cc2ccc(F)cc2)n1)Nc1ccccc1F. The van der Waals surface area contributed by atoms with Gasteiger partial charge in [-0.3, -0.25) is 4.79 Å². The van der Waals surface area contributed by atoms with Crippen molar-refractivity contribution in [1.82, 2.24) is 10.1 Å². The number of nitrogens with one attached hydrogen (secondary N) is 1. The summed E-state index contributed by atoms with van der Waals surface area (Å²) in [5, 5.41) is 6.17. The van der Waals surface area contributed by atoms with Crippen molar-refractivity contribution in [2.45, 2.75) is 12.8 Å². The van der Waals surface area contributed by atoms with Crippen LogP contribution in [0.25, 0.3) is 0 Å². The molecule has 1 aromatic heterocycles. The molecule has 7 heteroatoms. The topological polar surface area (TPSA) is 68.0 Å². The van der Waals surface area contributed by atoms with Crippen molar-refractivity contribution >= 4 is 11.6 Å². The van der Waals surface area contributed by atoms with Gasteiger partial charge in [-0.05, 0) is 29.8 Å². The number of hydrogen-bond donors (Lipinski definition) is 1. The molecular formula is C17H13F2N3O2. The van der Waals surface area contributed by atoms with E-state index < -0.39 is 11.7 Å². The highest BCUT2D eigenvalue weighted by Gasteiger charge is 2.13. The number of nitrogens with zero attached hydrogens (tertiary/aromatic N) is 2. The Morgan fingerprint density at radius 2 is 1.83 bits per heavy atom. The van der Waals surface area contributed by atoms with Gasteiger partial charge in [0.05, 0.1) is 18.5 Å². The number of anilines is 1. The van der Waals surface area contributed by atoms with Gasteiger partial charge >= 0.3 is 0 Å². The predicted molar refractivity (Wildman–Crippen MR) is 82.2 cm³/mol. The van der Waals surface area contributed by atoms with E-state index in [0.29, 0.717) is 12.3 Å². The van der Waals surface area contributed by atoms with E-state index in [1.165, 1.54) is 30.3 Å². The lowest BCUT2D eigenvalue weighted by atomic mass is 10.1. The van der Waals surface area contributed by atoms with Crippen LogP contribution in [0, 0.1) is 11.6 Å². The van der Waals surface area contributed by atoms with E-state index >= 15 is 0 Å². The second-order valence-corrected chi connectivity index (χ2v) is 5.11. The molecule has 2 aromatic carbocycles. The van der Waals surface area contributed by atoms with Gasteiger partial charge in [0.2, 0.25) is 11.8 Å². The lowest BCUT2D eigenvalue weighted by Crippen LogP contribution is -2.16. The normalized spacial score (nSPS) is 10.6. The van der Waals surface area contributed by atoms with Gasteiger partial charge in [-0.1, -0.05) is 29.4 Å². The first-order valence-corrected chi connectivity index (χ1v) is 7.20. The largest absolute Gasteiger partial charge is 0.339 e. The third-order valence-corrected chi connectivity index (χ3v) is 3.25. The van der Waals surface area contributed by atoms with Crippen LogP contribution < -0.4 is 5.32 Å². The minimum atomic E-state index is -0.518. The molecule has 0 fully saturated rings. The summed E-state index contributed by atoms with van der Waals surface area (Å²) < 4.78 is 31.4. The van der Waals surface area contributed by atoms with Crippen LogP contribution in [0.3, 0.4) is 0 Å². The van der Waals surface area contributed by atoms with Gasteiger partial charge in [0.15, 0.2) is 5.82 Å². The molecular weight excluding hydrogens is 316 g/mol. The average Bonchev–Trinajstić information content (AvgIpc) is 2.99. The number of rotatable bonds is 5. The molecule has 0 aliphatic rings. The molecule has 3 rings (SSSR count). The standard InChI is InChI=1S/C17H13F2N3O2/c18-12-7-5-11(6-8-12)9-17-21-15(22-24-17)10-16(23)20-14-4-2-1-3-13(14)19/h1-8H,9-10H2,(H,20,23). The van der Waals surface area contributed by atoms with E-state index in [1.54, 1.807) is 18.2 Å².